The van der Waals surface area contributed by atoms with Crippen LogP contribution >= 0.6 is 0 Å². The lowest BCUT2D eigenvalue weighted by Gasteiger charge is -2.38. The van der Waals surface area contributed by atoms with Gasteiger partial charge in [-0.05, 0) is 54.6 Å². The fourth-order valence-electron chi connectivity index (χ4n) is 4.55. The fourth-order valence-corrected chi connectivity index (χ4v) is 4.55. The molecule has 0 aromatic heterocycles. The highest BCUT2D eigenvalue weighted by atomic mass is 19.1. The number of amidine groups is 1. The normalized spacial score (nSPS) is 27.2. The van der Waals surface area contributed by atoms with Crippen LogP contribution in [0.1, 0.15) is 35.6 Å². The van der Waals surface area contributed by atoms with Crippen molar-refractivity contribution >= 4 is 6.02 Å². The van der Waals surface area contributed by atoms with Crippen molar-refractivity contribution in [3.05, 3.63) is 71.0 Å². The zero-order valence-corrected chi connectivity index (χ0v) is 15.3. The van der Waals surface area contributed by atoms with E-state index in [2.05, 4.69) is 34.5 Å². The molecule has 3 atom stereocenters. The van der Waals surface area contributed by atoms with Crippen molar-refractivity contribution in [3.8, 4) is 0 Å². The van der Waals surface area contributed by atoms with Gasteiger partial charge in [0, 0.05) is 12.6 Å². The number of fused-ring (bicyclic) bond motifs is 1. The van der Waals surface area contributed by atoms with E-state index in [1.165, 1.54) is 29.7 Å². The van der Waals surface area contributed by atoms with Crippen molar-refractivity contribution in [2.24, 2.45) is 4.99 Å². The zero-order valence-electron chi connectivity index (χ0n) is 15.3. The first kappa shape index (κ1) is 16.8. The molecular weight excluding hydrogens is 341 g/mol. The van der Waals surface area contributed by atoms with Crippen molar-refractivity contribution in [2.75, 3.05) is 19.6 Å². The molecule has 0 aliphatic carbocycles. The summed E-state index contributed by atoms with van der Waals surface area (Å²) in [6.45, 7) is 2.62. The van der Waals surface area contributed by atoms with Gasteiger partial charge in [-0.1, -0.05) is 36.4 Å². The minimum atomic E-state index is -0.212. The van der Waals surface area contributed by atoms with E-state index in [1.54, 1.807) is 0 Å². The maximum atomic E-state index is 13.5. The van der Waals surface area contributed by atoms with Crippen molar-refractivity contribution in [1.82, 2.24) is 10.2 Å². The van der Waals surface area contributed by atoms with Gasteiger partial charge in [0.2, 0.25) is 0 Å². The van der Waals surface area contributed by atoms with Gasteiger partial charge in [-0.3, -0.25) is 0 Å². The fraction of sp³-hybridized carbons (Fsp3) is 0.409. The molecule has 0 spiro atoms. The second kappa shape index (κ2) is 6.97. The molecule has 4 nitrogen and oxygen atoms in total. The molecule has 0 unspecified atom stereocenters. The quantitative estimate of drug-likeness (QED) is 0.887. The molecular formula is C22H24FN3O. The molecule has 0 amide bonds. The summed E-state index contributed by atoms with van der Waals surface area (Å²) in [6, 6.07) is 16.5. The van der Waals surface area contributed by atoms with Gasteiger partial charge >= 0.3 is 0 Å². The van der Waals surface area contributed by atoms with Crippen molar-refractivity contribution in [3.63, 3.8) is 0 Å². The Bertz CT molecular complexity index is 845. The standard InChI is InChI=1S/C22H24FN3O/c23-17-9-7-16(8-10-17)21-18-5-2-1-4-15(18)11-13-26(21)22-25-14-20(27-22)19-6-3-12-24-19/h1-2,4-5,7-10,19-21,24H,3,6,11-14H2/t19-,20+,21+/m1/s1. The average Bonchev–Trinajstić information content (AvgIpc) is 3.39. The summed E-state index contributed by atoms with van der Waals surface area (Å²) in [5.41, 5.74) is 3.66. The minimum Gasteiger partial charge on any atom is -0.458 e. The van der Waals surface area contributed by atoms with Gasteiger partial charge in [-0.15, -0.1) is 0 Å². The van der Waals surface area contributed by atoms with E-state index in [-0.39, 0.29) is 18.0 Å². The van der Waals surface area contributed by atoms with Gasteiger partial charge in [0.15, 0.2) is 0 Å². The number of benzene rings is 2. The number of halogens is 1. The number of hydrogen-bond acceptors (Lipinski definition) is 4. The molecule has 1 N–H and O–H groups in total. The maximum absolute atomic E-state index is 13.5. The number of hydrogen-bond donors (Lipinski definition) is 1. The van der Waals surface area contributed by atoms with E-state index in [1.807, 2.05) is 12.1 Å². The van der Waals surface area contributed by atoms with Gasteiger partial charge in [0.05, 0.1) is 12.6 Å². The summed E-state index contributed by atoms with van der Waals surface area (Å²) in [7, 11) is 0. The molecule has 5 heteroatoms. The van der Waals surface area contributed by atoms with Gasteiger partial charge in [-0.25, -0.2) is 9.38 Å². The lowest BCUT2D eigenvalue weighted by Crippen LogP contribution is -2.43. The molecule has 3 aliphatic rings. The highest BCUT2D eigenvalue weighted by Gasteiger charge is 2.37. The summed E-state index contributed by atoms with van der Waals surface area (Å²) < 4.78 is 19.8. The summed E-state index contributed by atoms with van der Waals surface area (Å²) >= 11 is 0. The smallest absolute Gasteiger partial charge is 0.288 e. The number of ether oxygens (including phenoxy) is 1. The Hall–Kier alpha value is -2.40. The van der Waals surface area contributed by atoms with Crippen molar-refractivity contribution in [1.29, 1.82) is 0 Å². The first-order valence-corrected chi connectivity index (χ1v) is 9.84. The first-order valence-electron chi connectivity index (χ1n) is 9.84. The predicted molar refractivity (Wildman–Crippen MR) is 103 cm³/mol. The molecule has 140 valence electrons. The lowest BCUT2D eigenvalue weighted by atomic mass is 9.88. The van der Waals surface area contributed by atoms with E-state index in [0.717, 1.165) is 37.5 Å². The predicted octanol–water partition coefficient (Wildman–Crippen LogP) is 3.28. The molecule has 3 aliphatic heterocycles. The molecule has 1 saturated heterocycles. The summed E-state index contributed by atoms with van der Waals surface area (Å²) in [4.78, 5) is 7.01. The molecule has 2 aromatic carbocycles. The summed E-state index contributed by atoms with van der Waals surface area (Å²) in [6.07, 6.45) is 3.43. The molecule has 2 aromatic rings. The third-order valence-electron chi connectivity index (χ3n) is 5.93. The van der Waals surface area contributed by atoms with E-state index in [4.69, 9.17) is 9.73 Å². The van der Waals surface area contributed by atoms with Crippen LogP contribution < -0.4 is 5.32 Å². The van der Waals surface area contributed by atoms with Crippen LogP contribution in [0.3, 0.4) is 0 Å². The highest BCUT2D eigenvalue weighted by Crippen LogP contribution is 2.36. The van der Waals surface area contributed by atoms with Crippen molar-refractivity contribution in [2.45, 2.75) is 37.5 Å². The summed E-state index contributed by atoms with van der Waals surface area (Å²) in [5.74, 6) is -0.212. The monoisotopic (exact) mass is 365 g/mol. The van der Waals surface area contributed by atoms with Crippen LogP contribution in [0.25, 0.3) is 0 Å². The van der Waals surface area contributed by atoms with Crippen LogP contribution in [-0.4, -0.2) is 42.7 Å². The number of aliphatic imine (C=N–C) groups is 1. The largest absolute Gasteiger partial charge is 0.458 e. The van der Waals surface area contributed by atoms with Crippen LogP contribution in [0.5, 0.6) is 0 Å². The van der Waals surface area contributed by atoms with Crippen LogP contribution in [0.15, 0.2) is 53.5 Å². The third kappa shape index (κ3) is 3.10. The first-order chi connectivity index (χ1) is 13.3. The lowest BCUT2D eigenvalue weighted by molar-refractivity contribution is 0.140. The number of nitrogens with zero attached hydrogens (tertiary/aromatic N) is 2. The minimum absolute atomic E-state index is 0.00425. The Morgan fingerprint density at radius 1 is 1.11 bits per heavy atom. The van der Waals surface area contributed by atoms with Gasteiger partial charge in [-0.2, -0.15) is 0 Å². The van der Waals surface area contributed by atoms with Crippen LogP contribution in [-0.2, 0) is 11.2 Å². The third-order valence-corrected chi connectivity index (χ3v) is 5.93. The molecule has 1 fully saturated rings. The Balaban J connectivity index is 1.47. The molecule has 0 radical (unpaired) electrons. The molecule has 0 bridgehead atoms. The average molecular weight is 365 g/mol. The second-order valence-corrected chi connectivity index (χ2v) is 7.58. The SMILES string of the molecule is Fc1ccc([C@H]2c3ccccc3CCN2C2=NC[C@@H]([C@H]3CCCN3)O2)cc1. The van der Waals surface area contributed by atoms with Crippen LogP contribution in [0, 0.1) is 5.82 Å². The van der Waals surface area contributed by atoms with E-state index in [9.17, 15) is 4.39 Å². The second-order valence-electron chi connectivity index (χ2n) is 7.58. The number of nitrogens with one attached hydrogen (secondary N) is 1. The van der Waals surface area contributed by atoms with Crippen LogP contribution in [0.4, 0.5) is 4.39 Å². The zero-order chi connectivity index (χ0) is 18.2. The Morgan fingerprint density at radius 3 is 2.78 bits per heavy atom. The van der Waals surface area contributed by atoms with Crippen molar-refractivity contribution < 1.29 is 9.13 Å². The Labute approximate surface area is 159 Å². The van der Waals surface area contributed by atoms with Gasteiger partial charge < -0.3 is 15.0 Å². The molecule has 5 rings (SSSR count). The number of rotatable bonds is 2. The van der Waals surface area contributed by atoms with Crippen LogP contribution in [0.2, 0.25) is 0 Å². The Kier molecular flexibility index (Phi) is 4.32. The maximum Gasteiger partial charge on any atom is 0.288 e. The summed E-state index contributed by atoms with van der Waals surface area (Å²) in [5, 5.41) is 3.53. The van der Waals surface area contributed by atoms with E-state index < -0.39 is 0 Å². The van der Waals surface area contributed by atoms with Gasteiger partial charge in [0.25, 0.3) is 6.02 Å². The molecule has 0 saturated carbocycles. The topological polar surface area (TPSA) is 36.9 Å². The molecule has 3 heterocycles. The van der Waals surface area contributed by atoms with Gasteiger partial charge in [0.1, 0.15) is 11.9 Å². The molecule has 27 heavy (non-hydrogen) atoms. The van der Waals surface area contributed by atoms with E-state index in [0.29, 0.717) is 12.6 Å². The van der Waals surface area contributed by atoms with E-state index >= 15 is 0 Å². The Morgan fingerprint density at radius 2 is 1.96 bits per heavy atom. The highest BCUT2D eigenvalue weighted by molar-refractivity contribution is 5.77.